The molecule has 232 valence electrons. The molecule has 0 amide bonds. The van der Waals surface area contributed by atoms with E-state index in [4.69, 9.17) is 18.9 Å². The van der Waals surface area contributed by atoms with E-state index in [1.54, 1.807) is 62.4 Å². The molecule has 0 spiro atoms. The maximum atomic E-state index is 12.9. The standard InChI is InChI=1S/2C14H16F3NO3/c2*1-3-21-13(19)11-12(14(15,16)17)18(11)8-9-4-6-10(20-2)7-5-9/h2*4-7,11-12H,3,8H2,1-2H3/t11-,12+,18?;/m0./s1. The number of halogens is 6. The molecule has 0 bridgehead atoms. The highest BCUT2D eigenvalue weighted by Gasteiger charge is 2.67. The van der Waals surface area contributed by atoms with Crippen LogP contribution in [0.5, 0.6) is 11.5 Å². The highest BCUT2D eigenvalue weighted by Crippen LogP contribution is 2.44. The van der Waals surface area contributed by atoms with Gasteiger partial charge in [0.15, 0.2) is 0 Å². The minimum Gasteiger partial charge on any atom is -0.497 e. The van der Waals surface area contributed by atoms with Crippen LogP contribution in [-0.2, 0) is 32.2 Å². The molecule has 6 atom stereocenters. The number of nitrogens with zero attached hydrogens (tertiary/aromatic N) is 2. The van der Waals surface area contributed by atoms with Crippen molar-refractivity contribution >= 4 is 11.9 Å². The van der Waals surface area contributed by atoms with Gasteiger partial charge in [-0.15, -0.1) is 0 Å². The third kappa shape index (κ3) is 8.28. The number of carbonyl (C=O) groups excluding carboxylic acids is 2. The second-order valence-electron chi connectivity index (χ2n) is 9.41. The van der Waals surface area contributed by atoms with Crippen molar-refractivity contribution < 1.29 is 54.9 Å². The van der Waals surface area contributed by atoms with Crippen LogP contribution in [0.15, 0.2) is 48.5 Å². The molecule has 4 unspecified atom stereocenters. The monoisotopic (exact) mass is 606 g/mol. The largest absolute Gasteiger partial charge is 0.497 e. The van der Waals surface area contributed by atoms with Crippen molar-refractivity contribution in [2.24, 2.45) is 0 Å². The van der Waals surface area contributed by atoms with E-state index in [1.807, 2.05) is 0 Å². The second-order valence-corrected chi connectivity index (χ2v) is 9.41. The summed E-state index contributed by atoms with van der Waals surface area (Å²) in [5.74, 6) is -0.403. The minimum absolute atomic E-state index is 0.0393. The molecule has 0 aliphatic carbocycles. The molecule has 4 rings (SSSR count). The number of rotatable bonds is 10. The fourth-order valence-corrected chi connectivity index (χ4v) is 4.55. The summed E-state index contributed by atoms with van der Waals surface area (Å²) >= 11 is 0. The van der Waals surface area contributed by atoms with Gasteiger partial charge >= 0.3 is 24.3 Å². The average molecular weight is 607 g/mol. The number of ether oxygens (including phenoxy) is 4. The maximum absolute atomic E-state index is 12.9. The molecule has 2 fully saturated rings. The first-order chi connectivity index (χ1) is 19.8. The Morgan fingerprint density at radius 2 is 0.952 bits per heavy atom. The van der Waals surface area contributed by atoms with Crippen molar-refractivity contribution in [1.29, 1.82) is 0 Å². The summed E-state index contributed by atoms with van der Waals surface area (Å²) in [5.41, 5.74) is 1.36. The van der Waals surface area contributed by atoms with Gasteiger partial charge in [-0.05, 0) is 49.2 Å². The fraction of sp³-hybridized carbons (Fsp3) is 0.500. The van der Waals surface area contributed by atoms with Crippen molar-refractivity contribution in [2.75, 3.05) is 27.4 Å². The maximum Gasteiger partial charge on any atom is 0.406 e. The van der Waals surface area contributed by atoms with Crippen molar-refractivity contribution in [2.45, 2.75) is 63.5 Å². The summed E-state index contributed by atoms with van der Waals surface area (Å²) < 4.78 is 96.7. The molecule has 0 radical (unpaired) electrons. The average Bonchev–Trinajstić information content (AvgIpc) is 3.84. The van der Waals surface area contributed by atoms with Gasteiger partial charge in [-0.3, -0.25) is 19.4 Å². The molecule has 42 heavy (non-hydrogen) atoms. The molecule has 2 aliphatic rings. The molecule has 2 aromatic carbocycles. The third-order valence-electron chi connectivity index (χ3n) is 6.62. The summed E-state index contributed by atoms with van der Waals surface area (Å²) in [6.45, 7) is 3.34. The lowest BCUT2D eigenvalue weighted by molar-refractivity contribution is -0.149. The van der Waals surface area contributed by atoms with E-state index in [-0.39, 0.29) is 26.3 Å². The van der Waals surface area contributed by atoms with E-state index >= 15 is 0 Å². The van der Waals surface area contributed by atoms with Crippen LogP contribution in [-0.4, -0.2) is 85.7 Å². The van der Waals surface area contributed by atoms with Gasteiger partial charge in [-0.2, -0.15) is 26.3 Å². The number of methoxy groups -OCH3 is 2. The van der Waals surface area contributed by atoms with Crippen LogP contribution in [0.25, 0.3) is 0 Å². The van der Waals surface area contributed by atoms with E-state index in [9.17, 15) is 35.9 Å². The predicted octanol–water partition coefficient (Wildman–Crippen LogP) is 4.75. The molecule has 2 saturated heterocycles. The number of hydrogen-bond donors (Lipinski definition) is 0. The number of alkyl halides is 6. The molecule has 2 aliphatic heterocycles. The van der Waals surface area contributed by atoms with E-state index in [1.165, 1.54) is 14.2 Å². The van der Waals surface area contributed by atoms with Crippen LogP contribution in [0.3, 0.4) is 0 Å². The van der Waals surface area contributed by atoms with Crippen molar-refractivity contribution in [3.8, 4) is 11.5 Å². The van der Waals surface area contributed by atoms with Gasteiger partial charge in [0.25, 0.3) is 0 Å². The molecule has 14 heteroatoms. The molecule has 0 N–H and O–H groups in total. The van der Waals surface area contributed by atoms with Crippen LogP contribution < -0.4 is 9.47 Å². The Hall–Kier alpha value is -3.52. The first kappa shape index (κ1) is 33.0. The zero-order chi connectivity index (χ0) is 31.2. The Labute approximate surface area is 239 Å². The van der Waals surface area contributed by atoms with Crippen molar-refractivity contribution in [3.05, 3.63) is 59.7 Å². The van der Waals surface area contributed by atoms with Crippen LogP contribution in [0, 0.1) is 0 Å². The van der Waals surface area contributed by atoms with Gasteiger partial charge in [0.1, 0.15) is 35.7 Å². The highest BCUT2D eigenvalue weighted by molar-refractivity contribution is 5.81. The van der Waals surface area contributed by atoms with Crippen LogP contribution in [0.2, 0.25) is 0 Å². The molecule has 2 aromatic rings. The van der Waals surface area contributed by atoms with Crippen LogP contribution >= 0.6 is 0 Å². The van der Waals surface area contributed by atoms with Gasteiger partial charge in [0.05, 0.1) is 27.4 Å². The smallest absolute Gasteiger partial charge is 0.406 e. The Morgan fingerprint density at radius 3 is 1.19 bits per heavy atom. The van der Waals surface area contributed by atoms with Gasteiger partial charge < -0.3 is 18.9 Å². The number of esters is 2. The Kier molecular flexibility index (Phi) is 10.7. The Morgan fingerprint density at radius 1 is 0.643 bits per heavy atom. The SMILES string of the molecule is CCOC(=O)C1C(C(F)(F)F)N1Cc1ccc(OC)cc1.CCOC(=O)[C@@H]1[C@H](C(F)(F)F)N1Cc1ccc(OC)cc1. The predicted molar refractivity (Wildman–Crippen MR) is 138 cm³/mol. The molecular weight excluding hydrogens is 574 g/mol. The highest BCUT2D eigenvalue weighted by atomic mass is 19.4. The van der Waals surface area contributed by atoms with E-state index in [0.717, 1.165) is 9.80 Å². The lowest BCUT2D eigenvalue weighted by Gasteiger charge is -2.07. The fourth-order valence-electron chi connectivity index (χ4n) is 4.55. The summed E-state index contributed by atoms with van der Waals surface area (Å²) in [4.78, 5) is 25.3. The Balaban J connectivity index is 0.000000230. The lowest BCUT2D eigenvalue weighted by atomic mass is 10.2. The quantitative estimate of drug-likeness (QED) is 0.218. The normalized spacial score (nSPS) is 24.5. The summed E-state index contributed by atoms with van der Waals surface area (Å²) in [5, 5.41) is 0. The van der Waals surface area contributed by atoms with Crippen LogP contribution in [0.4, 0.5) is 26.3 Å². The molecule has 0 aromatic heterocycles. The van der Waals surface area contributed by atoms with Gasteiger partial charge in [0, 0.05) is 13.1 Å². The van der Waals surface area contributed by atoms with E-state index in [2.05, 4.69) is 0 Å². The second kappa shape index (κ2) is 13.6. The van der Waals surface area contributed by atoms with Gasteiger partial charge in [0.2, 0.25) is 0 Å². The van der Waals surface area contributed by atoms with Gasteiger partial charge in [-0.25, -0.2) is 0 Å². The summed E-state index contributed by atoms with van der Waals surface area (Å²) in [6, 6.07) is 7.35. The van der Waals surface area contributed by atoms with Crippen LogP contribution in [0.1, 0.15) is 25.0 Å². The van der Waals surface area contributed by atoms with E-state index in [0.29, 0.717) is 22.6 Å². The molecule has 2 heterocycles. The molecule has 8 nitrogen and oxygen atoms in total. The van der Waals surface area contributed by atoms with E-state index < -0.39 is 48.5 Å². The third-order valence-corrected chi connectivity index (χ3v) is 6.62. The number of hydrogen-bond acceptors (Lipinski definition) is 8. The summed E-state index contributed by atoms with van der Waals surface area (Å²) in [6.07, 6.45) is -8.88. The topological polar surface area (TPSA) is 77.1 Å². The minimum atomic E-state index is -4.44. The molecule has 0 saturated carbocycles. The first-order valence-electron chi connectivity index (χ1n) is 13.0. The lowest BCUT2D eigenvalue weighted by Crippen LogP contribution is -2.24. The van der Waals surface area contributed by atoms with Crippen molar-refractivity contribution in [1.82, 2.24) is 9.80 Å². The number of carbonyl (C=O) groups is 2. The first-order valence-corrected chi connectivity index (χ1v) is 13.0. The molecular formula is C28H32F6N2O6. The zero-order valence-corrected chi connectivity index (χ0v) is 23.4. The number of benzene rings is 2. The zero-order valence-electron chi connectivity index (χ0n) is 23.4. The Bertz CT molecular complexity index is 1100. The van der Waals surface area contributed by atoms with Gasteiger partial charge in [-0.1, -0.05) is 24.3 Å². The summed E-state index contributed by atoms with van der Waals surface area (Å²) in [7, 11) is 3.02. The van der Waals surface area contributed by atoms with Crippen molar-refractivity contribution in [3.63, 3.8) is 0 Å².